The van der Waals surface area contributed by atoms with Gasteiger partial charge < -0.3 is 20.1 Å². The van der Waals surface area contributed by atoms with Gasteiger partial charge in [-0.15, -0.1) is 0 Å². The van der Waals surface area contributed by atoms with Crippen LogP contribution < -0.4 is 5.73 Å². The monoisotopic (exact) mass is 544 g/mol. The number of hydrogen-bond acceptors (Lipinski definition) is 9. The summed E-state index contributed by atoms with van der Waals surface area (Å²) in [4.78, 5) is 37.1. The number of carbonyl (C=O) groups is 2. The van der Waals surface area contributed by atoms with Gasteiger partial charge in [0.15, 0.2) is 11.4 Å². The van der Waals surface area contributed by atoms with Crippen LogP contribution in [0.15, 0.2) is 36.8 Å². The molecule has 0 spiro atoms. The van der Waals surface area contributed by atoms with Crippen LogP contribution in [0, 0.1) is 0 Å². The molecular formula is C28H32N8O4. The van der Waals surface area contributed by atoms with E-state index in [2.05, 4.69) is 15.2 Å². The van der Waals surface area contributed by atoms with Crippen LogP contribution in [0.3, 0.4) is 0 Å². The second-order valence-electron chi connectivity index (χ2n) is 10.5. The summed E-state index contributed by atoms with van der Waals surface area (Å²) in [7, 11) is 3.44. The van der Waals surface area contributed by atoms with Crippen molar-refractivity contribution in [3.63, 3.8) is 0 Å². The fourth-order valence-corrected chi connectivity index (χ4v) is 6.13. The summed E-state index contributed by atoms with van der Waals surface area (Å²) in [6.07, 6.45) is 8.18. The SMILES string of the molecule is COCCOC(=O)N1[C@@H]2CC[C@H]1C[C@H](c1nc3c(-c4ccc(-c5ccn(C)n5)nc4)cnn3c(N)c1C(C)=O)C2. The third-order valence-corrected chi connectivity index (χ3v) is 7.96. The number of rotatable bonds is 7. The lowest BCUT2D eigenvalue weighted by Gasteiger charge is -2.38. The Balaban J connectivity index is 1.34. The largest absolute Gasteiger partial charge is 0.447 e. The minimum absolute atomic E-state index is 0.0191. The van der Waals surface area contributed by atoms with Gasteiger partial charge in [0, 0.05) is 55.7 Å². The maximum atomic E-state index is 12.8. The van der Waals surface area contributed by atoms with Crippen molar-refractivity contribution in [2.45, 2.75) is 50.6 Å². The zero-order valence-electron chi connectivity index (χ0n) is 22.8. The van der Waals surface area contributed by atoms with Crippen molar-refractivity contribution < 1.29 is 19.1 Å². The van der Waals surface area contributed by atoms with Crippen LogP contribution in [0.5, 0.6) is 0 Å². The van der Waals surface area contributed by atoms with E-state index in [1.165, 1.54) is 11.4 Å². The van der Waals surface area contributed by atoms with E-state index in [1.807, 2.05) is 36.3 Å². The van der Waals surface area contributed by atoms with Crippen molar-refractivity contribution in [3.05, 3.63) is 48.0 Å². The number of anilines is 1. The van der Waals surface area contributed by atoms with Crippen molar-refractivity contribution in [1.82, 2.24) is 34.3 Å². The quantitative estimate of drug-likeness (QED) is 0.273. The molecule has 3 atom stereocenters. The van der Waals surface area contributed by atoms with Crippen molar-refractivity contribution in [2.24, 2.45) is 7.05 Å². The molecule has 40 heavy (non-hydrogen) atoms. The molecule has 0 aromatic carbocycles. The van der Waals surface area contributed by atoms with Gasteiger partial charge in [-0.05, 0) is 44.7 Å². The number of amides is 1. The van der Waals surface area contributed by atoms with E-state index in [0.717, 1.165) is 35.4 Å². The van der Waals surface area contributed by atoms with Crippen LogP contribution in [-0.2, 0) is 16.5 Å². The second kappa shape index (κ2) is 10.3. The number of pyridine rings is 1. The van der Waals surface area contributed by atoms with Crippen LogP contribution >= 0.6 is 0 Å². The van der Waals surface area contributed by atoms with Crippen LogP contribution in [0.2, 0.25) is 0 Å². The molecule has 2 N–H and O–H groups in total. The molecule has 2 fully saturated rings. The topological polar surface area (TPSA) is 143 Å². The van der Waals surface area contributed by atoms with Crippen molar-refractivity contribution in [2.75, 3.05) is 26.1 Å². The Morgan fingerprint density at radius 1 is 1.07 bits per heavy atom. The number of ketones is 1. The van der Waals surface area contributed by atoms with E-state index >= 15 is 0 Å². The number of nitrogens with zero attached hydrogens (tertiary/aromatic N) is 7. The summed E-state index contributed by atoms with van der Waals surface area (Å²) in [5.41, 5.74) is 11.3. The maximum Gasteiger partial charge on any atom is 0.410 e. The molecule has 4 aromatic rings. The van der Waals surface area contributed by atoms with E-state index in [-0.39, 0.29) is 42.3 Å². The normalized spacial score (nSPS) is 20.3. The van der Waals surface area contributed by atoms with Gasteiger partial charge >= 0.3 is 6.09 Å². The molecule has 1 amide bonds. The number of carbonyl (C=O) groups excluding carboxylic acids is 2. The molecule has 2 aliphatic rings. The standard InChI is InChI=1S/C28H32N8O4/c1-16(37)24-25(18-12-19-5-6-20(13-18)35(19)28(38)40-11-10-39-3)32-27-21(15-31-36(27)26(24)29)17-4-7-22(30-14-17)23-8-9-34(2)33-23/h4,7-9,14-15,18-20H,5-6,10-13,29H2,1-3H3/t18-,19-,20+. The summed E-state index contributed by atoms with van der Waals surface area (Å²) in [5, 5.41) is 8.89. The van der Waals surface area contributed by atoms with Gasteiger partial charge in [-0.3, -0.25) is 14.5 Å². The maximum absolute atomic E-state index is 12.8. The number of ether oxygens (including phenoxy) is 2. The van der Waals surface area contributed by atoms with Gasteiger partial charge in [0.2, 0.25) is 0 Å². The first-order chi connectivity index (χ1) is 19.4. The predicted octanol–water partition coefficient (Wildman–Crippen LogP) is 3.47. The molecule has 12 nitrogen and oxygen atoms in total. The highest BCUT2D eigenvalue weighted by molar-refractivity contribution is 6.00. The zero-order chi connectivity index (χ0) is 28.0. The molecule has 208 valence electrons. The molecule has 6 heterocycles. The van der Waals surface area contributed by atoms with Crippen LogP contribution in [-0.4, -0.2) is 78.5 Å². The molecular weight excluding hydrogens is 512 g/mol. The Labute approximate surface area is 231 Å². The zero-order valence-corrected chi connectivity index (χ0v) is 22.8. The fourth-order valence-electron chi connectivity index (χ4n) is 6.13. The Bertz CT molecular complexity index is 1560. The molecule has 12 heteroatoms. The Morgan fingerprint density at radius 2 is 1.85 bits per heavy atom. The first-order valence-corrected chi connectivity index (χ1v) is 13.4. The van der Waals surface area contributed by atoms with E-state index in [4.69, 9.17) is 20.2 Å². The van der Waals surface area contributed by atoms with Gasteiger partial charge in [0.05, 0.1) is 29.8 Å². The van der Waals surface area contributed by atoms with E-state index in [1.54, 1.807) is 24.2 Å². The molecule has 0 aliphatic carbocycles. The molecule has 4 aromatic heterocycles. The Hall–Kier alpha value is -4.32. The average molecular weight is 545 g/mol. The second-order valence-corrected chi connectivity index (χ2v) is 10.5. The molecule has 0 radical (unpaired) electrons. The van der Waals surface area contributed by atoms with Gasteiger partial charge in [0.25, 0.3) is 0 Å². The van der Waals surface area contributed by atoms with Crippen molar-refractivity contribution in [1.29, 1.82) is 0 Å². The number of nitrogens with two attached hydrogens (primary N) is 1. The molecule has 2 saturated heterocycles. The lowest BCUT2D eigenvalue weighted by Crippen LogP contribution is -2.46. The molecule has 2 aliphatic heterocycles. The first-order valence-electron chi connectivity index (χ1n) is 13.4. The fraction of sp³-hybridized carbons (Fsp3) is 0.429. The Morgan fingerprint density at radius 3 is 2.48 bits per heavy atom. The summed E-state index contributed by atoms with van der Waals surface area (Å²) < 4.78 is 13.7. The van der Waals surface area contributed by atoms with E-state index in [0.29, 0.717) is 36.4 Å². The number of Topliss-reactive ketones (excluding diaryl/α,β-unsaturated/α-hetero) is 1. The van der Waals surface area contributed by atoms with Gasteiger partial charge in [-0.25, -0.2) is 9.78 Å². The van der Waals surface area contributed by atoms with Crippen LogP contribution in [0.1, 0.15) is 54.6 Å². The third-order valence-electron chi connectivity index (χ3n) is 7.96. The average Bonchev–Trinajstić information content (AvgIpc) is 3.64. The minimum Gasteiger partial charge on any atom is -0.447 e. The predicted molar refractivity (Wildman–Crippen MR) is 147 cm³/mol. The Kier molecular flexibility index (Phi) is 6.70. The highest BCUT2D eigenvalue weighted by atomic mass is 16.6. The van der Waals surface area contributed by atoms with Gasteiger partial charge in [0.1, 0.15) is 18.1 Å². The summed E-state index contributed by atoms with van der Waals surface area (Å²) >= 11 is 0. The smallest absolute Gasteiger partial charge is 0.410 e. The lowest BCUT2D eigenvalue weighted by atomic mass is 9.85. The van der Waals surface area contributed by atoms with E-state index in [9.17, 15) is 9.59 Å². The van der Waals surface area contributed by atoms with Crippen molar-refractivity contribution >= 4 is 23.3 Å². The van der Waals surface area contributed by atoms with Gasteiger partial charge in [-0.2, -0.15) is 14.7 Å². The molecule has 2 bridgehead atoms. The van der Waals surface area contributed by atoms with E-state index < -0.39 is 0 Å². The summed E-state index contributed by atoms with van der Waals surface area (Å²) in [6, 6.07) is 5.82. The minimum atomic E-state index is -0.308. The number of fused-ring (bicyclic) bond motifs is 3. The third kappa shape index (κ3) is 4.47. The van der Waals surface area contributed by atoms with Crippen LogP contribution in [0.4, 0.5) is 10.6 Å². The highest BCUT2D eigenvalue weighted by Gasteiger charge is 2.45. The number of hydrogen-bond donors (Lipinski definition) is 1. The lowest BCUT2D eigenvalue weighted by molar-refractivity contribution is 0.0467. The van der Waals surface area contributed by atoms with Crippen LogP contribution in [0.25, 0.3) is 28.2 Å². The number of aryl methyl sites for hydroxylation is 1. The first kappa shape index (κ1) is 25.9. The summed E-state index contributed by atoms with van der Waals surface area (Å²) in [5.74, 6) is 0.0822. The molecule has 6 rings (SSSR count). The summed E-state index contributed by atoms with van der Waals surface area (Å²) in [6.45, 7) is 2.09. The van der Waals surface area contributed by atoms with Crippen molar-refractivity contribution in [3.8, 4) is 22.5 Å². The molecule has 0 saturated carbocycles. The highest BCUT2D eigenvalue weighted by Crippen LogP contribution is 2.44. The van der Waals surface area contributed by atoms with Gasteiger partial charge in [-0.1, -0.05) is 6.07 Å². The number of nitrogen functional groups attached to an aromatic ring is 1. The number of piperidine rings is 1. The number of methoxy groups -OCH3 is 1. The molecule has 0 unspecified atom stereocenters. The number of aromatic nitrogens is 6.